The van der Waals surface area contributed by atoms with Gasteiger partial charge in [0.15, 0.2) is 0 Å². The molecule has 1 aliphatic heterocycles. The number of hydrogen-bond acceptors (Lipinski definition) is 4. The molecule has 0 aromatic heterocycles. The summed E-state index contributed by atoms with van der Waals surface area (Å²) < 4.78 is 67.0. The third kappa shape index (κ3) is 5.12. The van der Waals surface area contributed by atoms with Crippen molar-refractivity contribution in [2.45, 2.75) is 16.2 Å². The molecule has 1 saturated heterocycles. The van der Waals surface area contributed by atoms with Crippen LogP contribution in [-0.4, -0.2) is 55.5 Å². The van der Waals surface area contributed by atoms with Gasteiger partial charge in [-0.1, -0.05) is 12.1 Å². The molecule has 0 spiro atoms. The summed E-state index contributed by atoms with van der Waals surface area (Å²) in [5.74, 6) is -1.97. The molecule has 0 saturated carbocycles. The van der Waals surface area contributed by atoms with Crippen molar-refractivity contribution in [2.75, 3.05) is 31.9 Å². The Hall–Kier alpha value is -2.04. The number of halogens is 3. The molecule has 29 heavy (non-hydrogen) atoms. The Bertz CT molecular complexity index is 994. The number of amides is 1. The van der Waals surface area contributed by atoms with Gasteiger partial charge in [-0.05, 0) is 30.3 Å². The molecule has 0 unspecified atom stereocenters. The lowest BCUT2D eigenvalue weighted by molar-refractivity contribution is -0.131. The third-order valence-electron chi connectivity index (χ3n) is 4.51. The highest BCUT2D eigenvalue weighted by Crippen LogP contribution is 2.24. The first-order valence-corrected chi connectivity index (χ1v) is 11.3. The number of sulfonamides is 1. The van der Waals surface area contributed by atoms with E-state index in [0.717, 1.165) is 16.4 Å². The molecule has 10 heteroatoms. The smallest absolute Gasteiger partial charge is 0.246 e. The van der Waals surface area contributed by atoms with E-state index < -0.39 is 26.6 Å². The summed E-state index contributed by atoms with van der Waals surface area (Å²) >= 11 is 1.24. The molecule has 0 aliphatic carbocycles. The zero-order valence-electron chi connectivity index (χ0n) is 15.4. The molecule has 3 rings (SSSR count). The second-order valence-electron chi connectivity index (χ2n) is 6.39. The predicted molar refractivity (Wildman–Crippen MR) is 103 cm³/mol. The Labute approximate surface area is 171 Å². The van der Waals surface area contributed by atoms with E-state index in [4.69, 9.17) is 0 Å². The molecule has 0 atom stereocenters. The Morgan fingerprint density at radius 1 is 0.966 bits per heavy atom. The monoisotopic (exact) mass is 444 g/mol. The Morgan fingerprint density at radius 2 is 1.66 bits per heavy atom. The van der Waals surface area contributed by atoms with Gasteiger partial charge in [-0.3, -0.25) is 4.79 Å². The minimum Gasteiger partial charge on any atom is -0.340 e. The average Bonchev–Trinajstić information content (AvgIpc) is 2.71. The van der Waals surface area contributed by atoms with Crippen LogP contribution in [0.2, 0.25) is 0 Å². The van der Waals surface area contributed by atoms with E-state index in [9.17, 15) is 26.4 Å². The van der Waals surface area contributed by atoms with E-state index in [1.54, 1.807) is 18.2 Å². The second-order valence-corrected chi connectivity index (χ2v) is 9.43. The zero-order valence-corrected chi connectivity index (χ0v) is 17.0. The number of nitrogens with zero attached hydrogens (tertiary/aromatic N) is 2. The SMILES string of the molecule is O=C(CCSc1ccccc1F)N1CCN(S(=O)(=O)c2cc(F)ccc2F)CC1. The van der Waals surface area contributed by atoms with Crippen molar-refractivity contribution >= 4 is 27.7 Å². The maximum absolute atomic E-state index is 13.9. The summed E-state index contributed by atoms with van der Waals surface area (Å²) in [6.45, 7) is 0.285. The first-order chi connectivity index (χ1) is 13.8. The van der Waals surface area contributed by atoms with Crippen LogP contribution in [0.5, 0.6) is 0 Å². The fourth-order valence-corrected chi connectivity index (χ4v) is 5.34. The van der Waals surface area contributed by atoms with Crippen molar-refractivity contribution in [1.82, 2.24) is 9.21 Å². The number of thioether (sulfide) groups is 1. The van der Waals surface area contributed by atoms with Gasteiger partial charge in [0.05, 0.1) is 0 Å². The van der Waals surface area contributed by atoms with Crippen molar-refractivity contribution in [3.63, 3.8) is 0 Å². The van der Waals surface area contributed by atoms with Crippen molar-refractivity contribution in [3.05, 3.63) is 59.9 Å². The van der Waals surface area contributed by atoms with Crippen LogP contribution >= 0.6 is 11.8 Å². The van der Waals surface area contributed by atoms with Crippen molar-refractivity contribution in [1.29, 1.82) is 0 Å². The lowest BCUT2D eigenvalue weighted by Gasteiger charge is -2.34. The lowest BCUT2D eigenvalue weighted by Crippen LogP contribution is -2.50. The highest BCUT2D eigenvalue weighted by atomic mass is 32.2. The third-order valence-corrected chi connectivity index (χ3v) is 7.48. The number of hydrogen-bond donors (Lipinski definition) is 0. The highest BCUT2D eigenvalue weighted by molar-refractivity contribution is 7.99. The Balaban J connectivity index is 1.54. The number of rotatable bonds is 6. The summed E-state index contributed by atoms with van der Waals surface area (Å²) in [7, 11) is -4.19. The predicted octanol–water partition coefficient (Wildman–Crippen LogP) is 3.12. The van der Waals surface area contributed by atoms with Crippen LogP contribution in [0.25, 0.3) is 0 Å². The van der Waals surface area contributed by atoms with Gasteiger partial charge in [0.2, 0.25) is 15.9 Å². The number of carbonyl (C=O) groups is 1. The van der Waals surface area contributed by atoms with Crippen molar-refractivity contribution in [3.8, 4) is 0 Å². The molecule has 1 heterocycles. The van der Waals surface area contributed by atoms with Gasteiger partial charge < -0.3 is 4.90 Å². The molecule has 5 nitrogen and oxygen atoms in total. The van der Waals surface area contributed by atoms with Gasteiger partial charge in [-0.25, -0.2) is 21.6 Å². The molecule has 0 N–H and O–H groups in total. The van der Waals surface area contributed by atoms with Gasteiger partial charge in [0, 0.05) is 43.2 Å². The zero-order chi connectivity index (χ0) is 21.0. The van der Waals surface area contributed by atoms with Crippen molar-refractivity contribution < 1.29 is 26.4 Å². The first kappa shape index (κ1) is 21.7. The van der Waals surface area contributed by atoms with Crippen LogP contribution in [0.4, 0.5) is 13.2 Å². The second kappa shape index (κ2) is 9.19. The van der Waals surface area contributed by atoms with Crippen LogP contribution in [0.15, 0.2) is 52.3 Å². The summed E-state index contributed by atoms with van der Waals surface area (Å²) in [6, 6.07) is 8.58. The van der Waals surface area contributed by atoms with E-state index in [1.165, 1.54) is 22.7 Å². The molecule has 156 valence electrons. The summed E-state index contributed by atoms with van der Waals surface area (Å²) in [4.78, 5) is 13.6. The molecular formula is C19H19F3N2O3S2. The van der Waals surface area contributed by atoms with Gasteiger partial charge in [-0.2, -0.15) is 4.31 Å². The molecular weight excluding hydrogens is 425 g/mol. The van der Waals surface area contributed by atoms with E-state index in [-0.39, 0.29) is 44.3 Å². The molecule has 2 aromatic carbocycles. The summed E-state index contributed by atoms with van der Waals surface area (Å²) in [5, 5.41) is 0. The Kier molecular flexibility index (Phi) is 6.86. The average molecular weight is 445 g/mol. The maximum atomic E-state index is 13.9. The van der Waals surface area contributed by atoms with Gasteiger partial charge in [-0.15, -0.1) is 11.8 Å². The van der Waals surface area contributed by atoms with E-state index in [0.29, 0.717) is 16.7 Å². The molecule has 0 radical (unpaired) electrons. The van der Waals surface area contributed by atoms with Crippen LogP contribution < -0.4 is 0 Å². The van der Waals surface area contributed by atoms with Gasteiger partial charge in [0.25, 0.3) is 0 Å². The fourth-order valence-electron chi connectivity index (χ4n) is 2.96. The first-order valence-electron chi connectivity index (χ1n) is 8.89. The summed E-state index contributed by atoms with van der Waals surface area (Å²) in [5.41, 5.74) is 0. The summed E-state index contributed by atoms with van der Waals surface area (Å²) in [6.07, 6.45) is 0.185. The van der Waals surface area contributed by atoms with Crippen LogP contribution in [0.3, 0.4) is 0 Å². The molecule has 0 bridgehead atoms. The normalized spacial score (nSPS) is 15.5. The van der Waals surface area contributed by atoms with Gasteiger partial charge >= 0.3 is 0 Å². The number of piperazine rings is 1. The lowest BCUT2D eigenvalue weighted by atomic mass is 10.3. The number of benzene rings is 2. The molecule has 1 aliphatic rings. The fraction of sp³-hybridized carbons (Fsp3) is 0.316. The minimum absolute atomic E-state index is 0.00944. The van der Waals surface area contributed by atoms with Crippen LogP contribution in [0, 0.1) is 17.5 Å². The van der Waals surface area contributed by atoms with Crippen molar-refractivity contribution in [2.24, 2.45) is 0 Å². The topological polar surface area (TPSA) is 57.7 Å². The maximum Gasteiger partial charge on any atom is 0.246 e. The van der Waals surface area contributed by atoms with Crippen LogP contribution in [-0.2, 0) is 14.8 Å². The largest absolute Gasteiger partial charge is 0.340 e. The Morgan fingerprint density at radius 3 is 2.34 bits per heavy atom. The standard InChI is InChI=1S/C19H19F3N2O3S2/c20-14-5-6-16(22)18(13-14)29(26,27)24-10-8-23(9-11-24)19(25)7-12-28-17-4-2-1-3-15(17)21/h1-6,13H,7-12H2. The van der Waals surface area contributed by atoms with E-state index in [1.807, 2.05) is 0 Å². The minimum atomic E-state index is -4.19. The van der Waals surface area contributed by atoms with E-state index in [2.05, 4.69) is 0 Å². The highest BCUT2D eigenvalue weighted by Gasteiger charge is 2.32. The van der Waals surface area contributed by atoms with Crippen LogP contribution in [0.1, 0.15) is 6.42 Å². The molecule has 2 aromatic rings. The molecule has 1 fully saturated rings. The molecule has 1 amide bonds. The van der Waals surface area contributed by atoms with E-state index >= 15 is 0 Å². The number of carbonyl (C=O) groups excluding carboxylic acids is 1. The quantitative estimate of drug-likeness (QED) is 0.643. The van der Waals surface area contributed by atoms with Gasteiger partial charge in [0.1, 0.15) is 22.3 Å².